The molecule has 0 atom stereocenters. The number of imidazole rings is 1. The van der Waals surface area contributed by atoms with E-state index in [-0.39, 0.29) is 5.41 Å². The van der Waals surface area contributed by atoms with Crippen LogP contribution in [0, 0.1) is 0 Å². The van der Waals surface area contributed by atoms with Crippen molar-refractivity contribution in [3.05, 3.63) is 151 Å². The van der Waals surface area contributed by atoms with Crippen LogP contribution >= 0.6 is 0 Å². The molecule has 10 aromatic rings. The van der Waals surface area contributed by atoms with E-state index in [2.05, 4.69) is 162 Å². The smallest absolute Gasteiger partial charge is 0.237 e. The largest absolute Gasteiger partial charge is 0.289 e. The molecule has 0 bridgehead atoms. The summed E-state index contributed by atoms with van der Waals surface area (Å²) in [7, 11) is 0. The van der Waals surface area contributed by atoms with Crippen molar-refractivity contribution in [2.75, 3.05) is 0 Å². The van der Waals surface area contributed by atoms with Crippen LogP contribution in [0.3, 0.4) is 0 Å². The number of benzene rings is 6. The normalized spacial score (nSPS) is 13.7. The third kappa shape index (κ3) is 3.46. The summed E-state index contributed by atoms with van der Waals surface area (Å²) in [6.07, 6.45) is 0. The van der Waals surface area contributed by atoms with E-state index in [4.69, 9.17) is 15.0 Å². The molecular formula is C44H29N5. The van der Waals surface area contributed by atoms with E-state index in [1.165, 1.54) is 33.0 Å². The molecule has 5 nitrogen and oxygen atoms in total. The Morgan fingerprint density at radius 2 is 1.14 bits per heavy atom. The molecule has 4 heterocycles. The van der Waals surface area contributed by atoms with Crippen LogP contribution in [0.4, 0.5) is 0 Å². The van der Waals surface area contributed by atoms with Gasteiger partial charge in [-0.1, -0.05) is 129 Å². The number of para-hydroxylation sites is 3. The van der Waals surface area contributed by atoms with Gasteiger partial charge in [0.15, 0.2) is 5.65 Å². The van der Waals surface area contributed by atoms with E-state index >= 15 is 0 Å². The predicted molar refractivity (Wildman–Crippen MR) is 201 cm³/mol. The minimum absolute atomic E-state index is 0.113. The van der Waals surface area contributed by atoms with Gasteiger partial charge < -0.3 is 0 Å². The molecule has 230 valence electrons. The number of pyridine rings is 1. The van der Waals surface area contributed by atoms with Crippen molar-refractivity contribution >= 4 is 60.3 Å². The van der Waals surface area contributed by atoms with Crippen LogP contribution < -0.4 is 0 Å². The summed E-state index contributed by atoms with van der Waals surface area (Å²) in [4.78, 5) is 16.1. The van der Waals surface area contributed by atoms with Gasteiger partial charge in [-0.25, -0.2) is 15.0 Å². The molecule has 0 saturated carbocycles. The number of hydrogen-bond acceptors (Lipinski definition) is 3. The fourth-order valence-electron chi connectivity index (χ4n) is 8.45. The fraction of sp³-hybridized carbons (Fsp3) is 0.0682. The van der Waals surface area contributed by atoms with Gasteiger partial charge in [0.25, 0.3) is 0 Å². The monoisotopic (exact) mass is 627 g/mol. The zero-order valence-electron chi connectivity index (χ0n) is 27.0. The maximum Gasteiger partial charge on any atom is 0.237 e. The van der Waals surface area contributed by atoms with E-state index in [0.29, 0.717) is 5.95 Å². The van der Waals surface area contributed by atoms with E-state index in [1.807, 2.05) is 0 Å². The second-order valence-corrected chi connectivity index (χ2v) is 13.7. The molecule has 0 radical (unpaired) electrons. The third-order valence-corrected chi connectivity index (χ3v) is 10.7. The first-order chi connectivity index (χ1) is 24.1. The summed E-state index contributed by atoms with van der Waals surface area (Å²) >= 11 is 0. The van der Waals surface area contributed by atoms with E-state index in [9.17, 15) is 0 Å². The highest BCUT2D eigenvalue weighted by atomic mass is 15.2. The van der Waals surface area contributed by atoms with Gasteiger partial charge in [-0.15, -0.1) is 0 Å². The van der Waals surface area contributed by atoms with Crippen molar-refractivity contribution in [3.63, 3.8) is 0 Å². The standard InChI is InChI=1S/C44H29N5/c1-44(2)34-19-9-5-14-28(34)29-24-23-26(25-35(29)44)39-32-17-6-10-20-36(32)45-43(46-39)49-38-22-12-8-18-33(38)40-42(49)47-41-31-16-4-3-13-27(31)30-15-7-11-21-37(30)48(40)41/h3-25H,1-2H3. The zero-order valence-corrected chi connectivity index (χ0v) is 27.0. The second-order valence-electron chi connectivity index (χ2n) is 13.7. The summed E-state index contributed by atoms with van der Waals surface area (Å²) in [6.45, 7) is 4.65. The van der Waals surface area contributed by atoms with Gasteiger partial charge in [0.2, 0.25) is 5.95 Å². The molecule has 6 aromatic carbocycles. The fourth-order valence-corrected chi connectivity index (χ4v) is 8.45. The van der Waals surface area contributed by atoms with Crippen molar-refractivity contribution in [1.82, 2.24) is 23.9 Å². The van der Waals surface area contributed by atoms with Crippen molar-refractivity contribution in [2.45, 2.75) is 19.3 Å². The molecule has 0 saturated heterocycles. The third-order valence-electron chi connectivity index (χ3n) is 10.7. The van der Waals surface area contributed by atoms with E-state index in [0.717, 1.165) is 60.8 Å². The molecule has 0 fully saturated rings. The highest BCUT2D eigenvalue weighted by molar-refractivity contribution is 6.17. The van der Waals surface area contributed by atoms with Gasteiger partial charge in [-0.05, 0) is 51.9 Å². The van der Waals surface area contributed by atoms with Crippen LogP contribution in [0.1, 0.15) is 25.0 Å². The minimum atomic E-state index is -0.113. The molecule has 1 aliphatic rings. The molecule has 1 aliphatic carbocycles. The Hall–Kier alpha value is -6.33. The topological polar surface area (TPSA) is 48.0 Å². The lowest BCUT2D eigenvalue weighted by atomic mass is 9.82. The zero-order chi connectivity index (χ0) is 32.4. The van der Waals surface area contributed by atoms with Crippen molar-refractivity contribution in [1.29, 1.82) is 0 Å². The van der Waals surface area contributed by atoms with Crippen LogP contribution in [0.2, 0.25) is 0 Å². The Kier molecular flexibility index (Phi) is 5.12. The van der Waals surface area contributed by atoms with Crippen molar-refractivity contribution < 1.29 is 0 Å². The van der Waals surface area contributed by atoms with Crippen LogP contribution in [-0.4, -0.2) is 23.9 Å². The summed E-state index contributed by atoms with van der Waals surface area (Å²) in [6, 6.07) is 49.7. The second kappa shape index (κ2) is 9.39. The van der Waals surface area contributed by atoms with E-state index < -0.39 is 0 Å². The molecule has 0 N–H and O–H groups in total. The molecule has 4 aromatic heterocycles. The first-order valence-corrected chi connectivity index (χ1v) is 16.8. The van der Waals surface area contributed by atoms with Crippen molar-refractivity contribution in [3.8, 4) is 28.3 Å². The quantitative estimate of drug-likeness (QED) is 0.179. The molecule has 0 amide bonds. The SMILES string of the molecule is CC1(C)c2ccccc2-c2ccc(-c3nc(-n4c5ccccc5c5c4nc4c6ccccc6c6ccccc6n45)nc4ccccc34)cc21. The van der Waals surface area contributed by atoms with Gasteiger partial charge in [0.1, 0.15) is 11.2 Å². The maximum atomic E-state index is 5.43. The highest BCUT2D eigenvalue weighted by Crippen LogP contribution is 2.49. The van der Waals surface area contributed by atoms with Crippen LogP contribution in [-0.2, 0) is 5.41 Å². The van der Waals surface area contributed by atoms with Gasteiger partial charge in [0, 0.05) is 32.5 Å². The Bertz CT molecular complexity index is 3030. The van der Waals surface area contributed by atoms with Crippen LogP contribution in [0.15, 0.2) is 140 Å². The van der Waals surface area contributed by atoms with Gasteiger partial charge in [-0.3, -0.25) is 8.97 Å². The predicted octanol–water partition coefficient (Wildman–Crippen LogP) is 10.7. The molecule has 0 spiro atoms. The highest BCUT2D eigenvalue weighted by Gasteiger charge is 2.35. The lowest BCUT2D eigenvalue weighted by Gasteiger charge is -2.22. The average Bonchev–Trinajstić information content (AvgIpc) is 3.76. The molecular weight excluding hydrogens is 599 g/mol. The summed E-state index contributed by atoms with van der Waals surface area (Å²) in [5, 5.41) is 5.66. The van der Waals surface area contributed by atoms with Gasteiger partial charge in [0.05, 0.1) is 22.2 Å². The first kappa shape index (κ1) is 26.7. The molecule has 5 heteroatoms. The Balaban J connectivity index is 1.23. The van der Waals surface area contributed by atoms with Gasteiger partial charge in [-0.2, -0.15) is 0 Å². The van der Waals surface area contributed by atoms with Crippen molar-refractivity contribution in [2.24, 2.45) is 0 Å². The number of hydrogen-bond donors (Lipinski definition) is 0. The lowest BCUT2D eigenvalue weighted by Crippen LogP contribution is -2.15. The Labute approximate surface area is 281 Å². The Morgan fingerprint density at radius 3 is 2.00 bits per heavy atom. The van der Waals surface area contributed by atoms with E-state index in [1.54, 1.807) is 0 Å². The molecule has 0 unspecified atom stereocenters. The maximum absolute atomic E-state index is 5.43. The first-order valence-electron chi connectivity index (χ1n) is 16.8. The molecule has 11 rings (SSSR count). The number of aromatic nitrogens is 5. The van der Waals surface area contributed by atoms with Crippen LogP contribution in [0.25, 0.3) is 88.6 Å². The number of fused-ring (bicyclic) bond motifs is 14. The number of rotatable bonds is 2. The Morgan fingerprint density at radius 1 is 0.490 bits per heavy atom. The average molecular weight is 628 g/mol. The summed E-state index contributed by atoms with van der Waals surface area (Å²) in [5.74, 6) is 0.611. The minimum Gasteiger partial charge on any atom is -0.289 e. The molecule has 49 heavy (non-hydrogen) atoms. The summed E-state index contributed by atoms with van der Waals surface area (Å²) < 4.78 is 4.48. The number of nitrogens with zero attached hydrogens (tertiary/aromatic N) is 5. The van der Waals surface area contributed by atoms with Gasteiger partial charge >= 0.3 is 0 Å². The lowest BCUT2D eigenvalue weighted by molar-refractivity contribution is 0.660. The van der Waals surface area contributed by atoms with Crippen LogP contribution in [0.5, 0.6) is 0 Å². The summed E-state index contributed by atoms with van der Waals surface area (Å²) in [5.41, 5.74) is 13.1. The molecule has 0 aliphatic heterocycles.